The van der Waals surface area contributed by atoms with Crippen LogP contribution < -0.4 is 14.8 Å². The van der Waals surface area contributed by atoms with Gasteiger partial charge in [0.1, 0.15) is 30.0 Å². The Morgan fingerprint density at radius 2 is 1.71 bits per heavy atom. The minimum atomic E-state index is -1.24. The lowest BCUT2D eigenvalue weighted by Gasteiger charge is -2.33. The fourth-order valence-electron chi connectivity index (χ4n) is 4.90. The maximum Gasteiger partial charge on any atom is 0.253 e. The number of aliphatic hydroxyl groups is 1. The maximum atomic E-state index is 15.0. The topological polar surface area (TPSA) is 105 Å². The molecule has 1 aliphatic heterocycles. The van der Waals surface area contributed by atoms with Gasteiger partial charge in [-0.1, -0.05) is 36.4 Å². The second kappa shape index (κ2) is 12.3. The van der Waals surface area contributed by atoms with Crippen molar-refractivity contribution in [3.05, 3.63) is 101 Å². The van der Waals surface area contributed by atoms with Crippen molar-refractivity contribution in [3.8, 4) is 11.5 Å². The van der Waals surface area contributed by atoms with E-state index in [2.05, 4.69) is 5.32 Å². The number of aliphatic hydroxyl groups excluding tert-OH is 1. The molecule has 2 aliphatic rings. The lowest BCUT2D eigenvalue weighted by Crippen LogP contribution is -2.53. The number of nitrogens with one attached hydrogen (secondary N) is 1. The first-order valence-corrected chi connectivity index (χ1v) is 13.5. The molecule has 0 spiro atoms. The van der Waals surface area contributed by atoms with Gasteiger partial charge in [0, 0.05) is 12.5 Å². The summed E-state index contributed by atoms with van der Waals surface area (Å²) in [5.41, 5.74) is 2.16. The van der Waals surface area contributed by atoms with Gasteiger partial charge in [0.05, 0.1) is 25.3 Å². The first-order valence-electron chi connectivity index (χ1n) is 13.5. The van der Waals surface area contributed by atoms with Crippen LogP contribution in [0.15, 0.2) is 78.9 Å². The Morgan fingerprint density at radius 1 is 1.02 bits per heavy atom. The average molecular weight is 559 g/mol. The predicted molar refractivity (Wildman–Crippen MR) is 150 cm³/mol. The Balaban J connectivity index is 1.43. The summed E-state index contributed by atoms with van der Waals surface area (Å²) in [7, 11) is 1.54. The number of hydrogen-bond donors (Lipinski definition) is 2. The molecular weight excluding hydrogens is 527 g/mol. The van der Waals surface area contributed by atoms with Gasteiger partial charge < -0.3 is 19.9 Å². The molecule has 5 rings (SSSR count). The number of carbonyl (C=O) groups is 3. The van der Waals surface area contributed by atoms with E-state index in [9.17, 15) is 18.8 Å². The summed E-state index contributed by atoms with van der Waals surface area (Å²) in [6.07, 6.45) is 4.83. The molecule has 0 radical (unpaired) electrons. The van der Waals surface area contributed by atoms with Gasteiger partial charge in [0.25, 0.3) is 5.91 Å². The monoisotopic (exact) mass is 558 g/mol. The van der Waals surface area contributed by atoms with Gasteiger partial charge in [0.15, 0.2) is 0 Å². The van der Waals surface area contributed by atoms with Crippen molar-refractivity contribution in [1.29, 1.82) is 0 Å². The summed E-state index contributed by atoms with van der Waals surface area (Å²) >= 11 is 0. The Hall–Kier alpha value is -4.50. The molecule has 8 nitrogen and oxygen atoms in total. The van der Waals surface area contributed by atoms with E-state index in [1.54, 1.807) is 54.6 Å². The molecule has 0 unspecified atom stereocenters. The summed E-state index contributed by atoms with van der Waals surface area (Å²) in [4.78, 5) is 41.6. The molecule has 3 aromatic rings. The van der Waals surface area contributed by atoms with Crippen LogP contribution in [0.4, 0.5) is 10.1 Å². The van der Waals surface area contributed by atoms with E-state index >= 15 is 0 Å². The van der Waals surface area contributed by atoms with Gasteiger partial charge in [0.2, 0.25) is 11.8 Å². The van der Waals surface area contributed by atoms with Gasteiger partial charge in [-0.2, -0.15) is 0 Å². The highest BCUT2D eigenvalue weighted by Crippen LogP contribution is 2.41. The molecule has 2 N–H and O–H groups in total. The van der Waals surface area contributed by atoms with Crippen LogP contribution in [-0.2, 0) is 20.8 Å². The molecule has 0 aromatic heterocycles. The maximum absolute atomic E-state index is 15.0. The van der Waals surface area contributed by atoms with Gasteiger partial charge in [-0.15, -0.1) is 0 Å². The Morgan fingerprint density at radius 3 is 2.34 bits per heavy atom. The molecule has 41 heavy (non-hydrogen) atoms. The van der Waals surface area contributed by atoms with Crippen LogP contribution in [0.25, 0.3) is 0 Å². The number of anilines is 1. The van der Waals surface area contributed by atoms with E-state index in [1.165, 1.54) is 31.4 Å². The van der Waals surface area contributed by atoms with E-state index in [4.69, 9.17) is 14.6 Å². The molecule has 3 amide bonds. The zero-order valence-electron chi connectivity index (χ0n) is 22.6. The molecule has 0 saturated heterocycles. The third-order valence-corrected chi connectivity index (χ3v) is 7.27. The molecule has 2 atom stereocenters. The smallest absolute Gasteiger partial charge is 0.253 e. The second-order valence-electron chi connectivity index (χ2n) is 10.1. The van der Waals surface area contributed by atoms with Crippen LogP contribution in [0.2, 0.25) is 0 Å². The van der Waals surface area contributed by atoms with Crippen molar-refractivity contribution in [3.63, 3.8) is 0 Å². The van der Waals surface area contributed by atoms with Crippen molar-refractivity contribution < 1.29 is 33.4 Å². The summed E-state index contributed by atoms with van der Waals surface area (Å²) < 4.78 is 25.6. The minimum absolute atomic E-state index is 0.0124. The number of amides is 3. The van der Waals surface area contributed by atoms with Gasteiger partial charge in [-0.25, -0.2) is 4.39 Å². The summed E-state index contributed by atoms with van der Waals surface area (Å²) in [6.45, 7) is 0.00479. The SMILES string of the molecule is COc1ccc(C[C@@H](C(=O)Nc2ccc(C3CC3)cc2F)N2C(=O)C=C[C@H](c3ccc(OCCO)cc3)C2=O)cc1. The molecule has 1 heterocycles. The Kier molecular flexibility index (Phi) is 8.45. The number of hydrogen-bond acceptors (Lipinski definition) is 6. The average Bonchev–Trinajstić information content (AvgIpc) is 3.83. The van der Waals surface area contributed by atoms with E-state index in [0.29, 0.717) is 28.5 Å². The third-order valence-electron chi connectivity index (χ3n) is 7.27. The van der Waals surface area contributed by atoms with Crippen LogP contribution in [0.1, 0.15) is 41.4 Å². The van der Waals surface area contributed by atoms with Crippen molar-refractivity contribution >= 4 is 23.4 Å². The van der Waals surface area contributed by atoms with Crippen LogP contribution in [0.3, 0.4) is 0 Å². The summed E-state index contributed by atoms with van der Waals surface area (Å²) in [6, 6.07) is 17.2. The Bertz CT molecular complexity index is 1450. The van der Waals surface area contributed by atoms with Crippen molar-refractivity contribution in [1.82, 2.24) is 4.90 Å². The third kappa shape index (κ3) is 6.47. The number of ether oxygens (including phenoxy) is 2. The largest absolute Gasteiger partial charge is 0.497 e. The molecule has 1 fully saturated rings. The highest BCUT2D eigenvalue weighted by molar-refractivity contribution is 6.11. The van der Waals surface area contributed by atoms with Gasteiger partial charge >= 0.3 is 0 Å². The highest BCUT2D eigenvalue weighted by atomic mass is 19.1. The van der Waals surface area contributed by atoms with Crippen LogP contribution in [-0.4, -0.2) is 54.1 Å². The molecule has 212 valence electrons. The first-order chi connectivity index (χ1) is 19.9. The number of rotatable bonds is 11. The fraction of sp³-hybridized carbons (Fsp3) is 0.281. The van der Waals surface area contributed by atoms with Crippen LogP contribution >= 0.6 is 0 Å². The van der Waals surface area contributed by atoms with E-state index < -0.39 is 35.5 Å². The van der Waals surface area contributed by atoms with Crippen LogP contribution in [0, 0.1) is 5.82 Å². The molecule has 1 saturated carbocycles. The predicted octanol–water partition coefficient (Wildman–Crippen LogP) is 4.34. The number of nitrogens with zero attached hydrogens (tertiary/aromatic N) is 1. The molecule has 1 aliphatic carbocycles. The lowest BCUT2D eigenvalue weighted by atomic mass is 9.92. The highest BCUT2D eigenvalue weighted by Gasteiger charge is 2.40. The zero-order valence-corrected chi connectivity index (χ0v) is 22.6. The van der Waals surface area contributed by atoms with E-state index in [0.717, 1.165) is 23.3 Å². The number of imide groups is 1. The number of benzene rings is 3. The minimum Gasteiger partial charge on any atom is -0.497 e. The van der Waals surface area contributed by atoms with Crippen molar-refractivity contribution in [2.45, 2.75) is 37.1 Å². The standard InChI is InChI=1S/C32H31FN2O6/c1-40-24-9-2-20(3-10-24)18-29(31(38)34-28-14-8-23(19-27(28)33)21-4-5-21)35-30(37)15-13-26(32(35)39)22-6-11-25(12-7-22)41-17-16-36/h2-3,6-15,19,21,26,29,36H,4-5,16-18H2,1H3,(H,34,38)/t26-,29+/m1/s1. The lowest BCUT2D eigenvalue weighted by molar-refractivity contribution is -0.149. The second-order valence-corrected chi connectivity index (χ2v) is 10.1. The van der Waals surface area contributed by atoms with Gasteiger partial charge in [-0.3, -0.25) is 19.3 Å². The van der Waals surface area contributed by atoms with E-state index in [1.807, 2.05) is 0 Å². The normalized spacial score (nSPS) is 17.3. The van der Waals surface area contributed by atoms with Gasteiger partial charge in [-0.05, 0) is 71.8 Å². The number of carbonyl (C=O) groups excluding carboxylic acids is 3. The number of halogens is 1. The summed E-state index contributed by atoms with van der Waals surface area (Å²) in [5.74, 6) is -1.78. The van der Waals surface area contributed by atoms with Crippen molar-refractivity contribution in [2.24, 2.45) is 0 Å². The molecule has 0 bridgehead atoms. The molecule has 9 heteroatoms. The quantitative estimate of drug-likeness (QED) is 0.339. The first kappa shape index (κ1) is 28.0. The van der Waals surface area contributed by atoms with E-state index in [-0.39, 0.29) is 25.3 Å². The number of methoxy groups -OCH3 is 1. The summed E-state index contributed by atoms with van der Waals surface area (Å²) in [5, 5.41) is 11.6. The molecule has 3 aromatic carbocycles. The van der Waals surface area contributed by atoms with Crippen LogP contribution in [0.5, 0.6) is 11.5 Å². The Labute approximate surface area is 237 Å². The van der Waals surface area contributed by atoms with Crippen molar-refractivity contribution in [2.75, 3.05) is 25.6 Å². The zero-order chi connectivity index (χ0) is 28.9. The fourth-order valence-corrected chi connectivity index (χ4v) is 4.90. The molecular formula is C32H31FN2O6.